The highest BCUT2D eigenvalue weighted by molar-refractivity contribution is 6.05. The van der Waals surface area contributed by atoms with Crippen molar-refractivity contribution in [3.05, 3.63) is 12.2 Å². The molecule has 0 aromatic carbocycles. The van der Waals surface area contributed by atoms with Gasteiger partial charge in [0.1, 0.15) is 23.2 Å². The van der Waals surface area contributed by atoms with Gasteiger partial charge in [-0.25, -0.2) is 4.79 Å². The van der Waals surface area contributed by atoms with Gasteiger partial charge in [0.2, 0.25) is 5.79 Å². The average Bonchev–Trinajstić information content (AvgIpc) is 3.01. The first kappa shape index (κ1) is 29.1. The van der Waals surface area contributed by atoms with Crippen LogP contribution in [0.5, 0.6) is 0 Å². The predicted molar refractivity (Wildman–Crippen MR) is 148 cm³/mol. The third-order valence-corrected chi connectivity index (χ3v) is 12.0. The summed E-state index contributed by atoms with van der Waals surface area (Å²) in [6.07, 6.45) is 1.37. The molecule has 41 heavy (non-hydrogen) atoms. The first-order valence-electron chi connectivity index (χ1n) is 15.5. The van der Waals surface area contributed by atoms with E-state index in [1.165, 1.54) is 0 Å². The first-order valence-corrected chi connectivity index (χ1v) is 15.5. The van der Waals surface area contributed by atoms with E-state index in [1.54, 1.807) is 4.90 Å². The maximum atomic E-state index is 14.3. The number of carbonyl (C=O) groups is 3. The zero-order valence-corrected chi connectivity index (χ0v) is 25.4. The number of nitrogens with zero attached hydrogens (tertiary/aromatic N) is 1. The van der Waals surface area contributed by atoms with Crippen LogP contribution >= 0.6 is 0 Å². The third kappa shape index (κ3) is 3.67. The van der Waals surface area contributed by atoms with E-state index in [4.69, 9.17) is 14.2 Å². The van der Waals surface area contributed by atoms with Crippen LogP contribution < -0.4 is 0 Å². The Labute approximate surface area is 243 Å². The number of hydrogen-bond acceptors (Lipinski definition) is 8. The molecule has 4 aliphatic carbocycles. The fourth-order valence-electron chi connectivity index (χ4n) is 10.2. The zero-order chi connectivity index (χ0) is 29.9. The highest BCUT2D eigenvalue weighted by Crippen LogP contribution is 2.77. The number of ether oxygens (including phenoxy) is 3. The van der Waals surface area contributed by atoms with Crippen molar-refractivity contribution in [1.29, 1.82) is 0 Å². The molecule has 3 heterocycles. The van der Waals surface area contributed by atoms with Gasteiger partial charge in [-0.1, -0.05) is 27.4 Å². The highest BCUT2D eigenvalue weighted by Gasteiger charge is 2.87. The fourth-order valence-corrected chi connectivity index (χ4v) is 10.2. The summed E-state index contributed by atoms with van der Waals surface area (Å²) in [5, 5.41) is 24.4. The Hall–Kier alpha value is -1.97. The number of hydrogen-bond donors (Lipinski definition) is 2. The van der Waals surface area contributed by atoms with Crippen molar-refractivity contribution in [2.75, 3.05) is 19.7 Å². The van der Waals surface area contributed by atoms with Crippen molar-refractivity contribution in [2.24, 2.45) is 45.8 Å². The van der Waals surface area contributed by atoms with Crippen LogP contribution in [0.3, 0.4) is 0 Å². The van der Waals surface area contributed by atoms with Gasteiger partial charge in [-0.3, -0.25) is 9.59 Å². The normalized spacial score (nSPS) is 45.2. The number of carbonyl (C=O) groups excluding carboxylic acids is 3. The molecule has 0 unspecified atom stereocenters. The maximum Gasteiger partial charge on any atom is 0.410 e. The summed E-state index contributed by atoms with van der Waals surface area (Å²) in [6.45, 7) is 17.1. The minimum Gasteiger partial charge on any atom is -0.460 e. The van der Waals surface area contributed by atoms with Gasteiger partial charge < -0.3 is 29.3 Å². The Morgan fingerprint density at radius 3 is 2.39 bits per heavy atom. The number of esters is 1. The van der Waals surface area contributed by atoms with Crippen molar-refractivity contribution in [3.8, 4) is 0 Å². The van der Waals surface area contributed by atoms with Gasteiger partial charge in [0.15, 0.2) is 5.78 Å². The van der Waals surface area contributed by atoms with Crippen molar-refractivity contribution >= 4 is 17.8 Å². The SMILES string of the molecule is C=C1C(=O)[C@]23[C@H](OC(=O)C4CCN(C(=O)OC(C)(C)C)CC4)[C@H]1CC[C@H]2[C@@]12CO[C@@]3(O)[C@@H](O)[C@@H]1C(C)(C)CC[C@@H]2C. The molecule has 7 rings (SSSR count). The molecule has 7 aliphatic rings. The Bertz CT molecular complexity index is 1170. The summed E-state index contributed by atoms with van der Waals surface area (Å²) >= 11 is 0. The molecule has 7 fully saturated rings. The highest BCUT2D eigenvalue weighted by atomic mass is 16.6. The van der Waals surface area contributed by atoms with E-state index in [0.717, 1.165) is 12.8 Å². The minimum absolute atomic E-state index is 0.161. The van der Waals surface area contributed by atoms with Gasteiger partial charge >= 0.3 is 12.1 Å². The quantitative estimate of drug-likeness (QED) is 0.377. The molecule has 1 amide bonds. The molecule has 0 radical (unpaired) electrons. The summed E-state index contributed by atoms with van der Waals surface area (Å²) in [5.74, 6) is -4.19. The van der Waals surface area contributed by atoms with Crippen molar-refractivity contribution < 1.29 is 38.8 Å². The summed E-state index contributed by atoms with van der Waals surface area (Å²) in [6, 6.07) is 0. The van der Waals surface area contributed by atoms with E-state index >= 15 is 0 Å². The van der Waals surface area contributed by atoms with Crippen molar-refractivity contribution in [1.82, 2.24) is 4.90 Å². The number of piperidine rings is 1. The van der Waals surface area contributed by atoms with Gasteiger partial charge in [-0.15, -0.1) is 0 Å². The smallest absolute Gasteiger partial charge is 0.410 e. The average molecular weight is 574 g/mol. The summed E-state index contributed by atoms with van der Waals surface area (Å²) in [4.78, 5) is 42.2. The molecule has 9 nitrogen and oxygen atoms in total. The number of aliphatic hydroxyl groups is 2. The van der Waals surface area contributed by atoms with Crippen LogP contribution in [0.15, 0.2) is 12.2 Å². The van der Waals surface area contributed by atoms with Crippen molar-refractivity contribution in [3.63, 3.8) is 0 Å². The van der Waals surface area contributed by atoms with E-state index in [9.17, 15) is 24.6 Å². The Morgan fingerprint density at radius 1 is 1.10 bits per heavy atom. The molecule has 3 aliphatic heterocycles. The van der Waals surface area contributed by atoms with Gasteiger partial charge in [0.05, 0.1) is 12.5 Å². The lowest BCUT2D eigenvalue weighted by atomic mass is 9.34. The number of rotatable bonds is 2. The molecular weight excluding hydrogens is 526 g/mol. The number of aliphatic hydroxyl groups excluding tert-OH is 1. The Morgan fingerprint density at radius 2 is 1.76 bits per heavy atom. The molecule has 0 aromatic rings. The van der Waals surface area contributed by atoms with Crippen LogP contribution in [-0.4, -0.2) is 76.3 Å². The van der Waals surface area contributed by atoms with Crippen LogP contribution in [-0.2, 0) is 23.8 Å². The van der Waals surface area contributed by atoms with E-state index in [1.807, 2.05) is 20.8 Å². The Kier molecular flexibility index (Phi) is 6.41. The second-order valence-electron chi connectivity index (χ2n) is 15.5. The van der Waals surface area contributed by atoms with Crippen LogP contribution in [0, 0.1) is 45.8 Å². The largest absolute Gasteiger partial charge is 0.460 e. The monoisotopic (exact) mass is 573 g/mol. The van der Waals surface area contributed by atoms with Crippen molar-refractivity contribution in [2.45, 2.75) is 104 Å². The van der Waals surface area contributed by atoms with E-state index < -0.39 is 58.3 Å². The van der Waals surface area contributed by atoms with Gasteiger partial charge in [0.25, 0.3) is 0 Å². The lowest BCUT2D eigenvalue weighted by Crippen LogP contribution is -2.85. The molecule has 9 atom stereocenters. The topological polar surface area (TPSA) is 123 Å². The number of ketones is 1. The third-order valence-electron chi connectivity index (χ3n) is 12.0. The van der Waals surface area contributed by atoms with Crippen LogP contribution in [0.1, 0.15) is 80.1 Å². The number of likely N-dealkylation sites (tertiary alicyclic amines) is 1. The Balaban J connectivity index is 1.31. The standard InChI is InChI=1S/C32H47NO8/c1-17-10-13-29(6,7)22-24(35)32(38)31-21(30(17,22)16-39-32)9-8-20(18(2)23(31)34)25(31)40-26(36)19-11-14-33(15-12-19)27(37)41-28(3,4)5/h17,19-22,24-25,35,38H,2,8-16H2,1,3-7H3/t17-,20-,21-,22+,24-,25+,30-,31-,32-/m0/s1. The number of Topliss-reactive ketones (excluding diaryl/α,β-unsaturated/α-hetero) is 1. The molecule has 2 spiro atoms. The van der Waals surface area contributed by atoms with E-state index in [-0.39, 0.29) is 35.6 Å². The van der Waals surface area contributed by atoms with Crippen LogP contribution in [0.4, 0.5) is 4.79 Å². The second kappa shape index (κ2) is 9.02. The van der Waals surface area contributed by atoms with Crippen LogP contribution in [0.25, 0.3) is 0 Å². The summed E-state index contributed by atoms with van der Waals surface area (Å²) in [5.41, 5.74) is -2.61. The fraction of sp³-hybridized carbons (Fsp3) is 0.844. The first-order chi connectivity index (χ1) is 19.0. The summed E-state index contributed by atoms with van der Waals surface area (Å²) < 4.78 is 18.0. The predicted octanol–water partition coefficient (Wildman–Crippen LogP) is 3.85. The lowest BCUT2D eigenvalue weighted by molar-refractivity contribution is -0.455. The molecule has 0 aromatic heterocycles. The van der Waals surface area contributed by atoms with Gasteiger partial charge in [0, 0.05) is 30.3 Å². The molecule has 9 heteroatoms. The molecule has 4 saturated carbocycles. The van der Waals surface area contributed by atoms with E-state index in [0.29, 0.717) is 44.3 Å². The lowest BCUT2D eigenvalue weighted by Gasteiger charge is -2.75. The molecule has 3 saturated heterocycles. The van der Waals surface area contributed by atoms with Gasteiger partial charge in [-0.2, -0.15) is 0 Å². The molecule has 2 N–H and O–H groups in total. The minimum atomic E-state index is -2.17. The molecule has 228 valence electrons. The number of fused-ring (bicyclic) bond motifs is 2. The second-order valence-corrected chi connectivity index (χ2v) is 15.5. The molecular formula is C32H47NO8. The van der Waals surface area contributed by atoms with Gasteiger partial charge in [-0.05, 0) is 82.1 Å². The molecule has 4 bridgehead atoms. The van der Waals surface area contributed by atoms with E-state index in [2.05, 4.69) is 27.4 Å². The zero-order valence-electron chi connectivity index (χ0n) is 25.4. The maximum absolute atomic E-state index is 14.3. The summed E-state index contributed by atoms with van der Waals surface area (Å²) in [7, 11) is 0. The number of amides is 1. The van der Waals surface area contributed by atoms with Crippen LogP contribution in [0.2, 0.25) is 0 Å².